The lowest BCUT2D eigenvalue weighted by Crippen LogP contribution is -2.38. The summed E-state index contributed by atoms with van der Waals surface area (Å²) < 4.78 is 44.4. The second-order valence-corrected chi connectivity index (χ2v) is 5.80. The van der Waals surface area contributed by atoms with Gasteiger partial charge in [0.1, 0.15) is 0 Å². The summed E-state index contributed by atoms with van der Waals surface area (Å²) in [5.41, 5.74) is -0.808. The predicted molar refractivity (Wildman–Crippen MR) is 65.8 cm³/mol. The molecule has 0 amide bonds. The first-order chi connectivity index (χ1) is 9.90. The molecule has 0 N–H and O–H groups in total. The Morgan fingerprint density at radius 1 is 1.38 bits per heavy atom. The fourth-order valence-corrected chi connectivity index (χ4v) is 3.30. The molecule has 5 nitrogen and oxygen atoms in total. The molecule has 1 unspecified atom stereocenters. The molecule has 21 heavy (non-hydrogen) atoms. The first kappa shape index (κ1) is 14.5. The maximum atomic E-state index is 12.4. The molecule has 8 heteroatoms. The van der Waals surface area contributed by atoms with E-state index in [4.69, 9.17) is 4.74 Å². The molecule has 1 aliphatic carbocycles. The van der Waals surface area contributed by atoms with Gasteiger partial charge >= 0.3 is 6.18 Å². The van der Waals surface area contributed by atoms with E-state index in [-0.39, 0.29) is 11.6 Å². The van der Waals surface area contributed by atoms with E-state index < -0.39 is 17.7 Å². The number of Topliss-reactive ketones (excluding diaryl/α,β-unsaturated/α-hetero) is 1. The normalized spacial score (nSPS) is 25.4. The topological polar surface area (TPSA) is 57.0 Å². The summed E-state index contributed by atoms with van der Waals surface area (Å²) in [7, 11) is 0. The van der Waals surface area contributed by atoms with E-state index in [1.807, 2.05) is 0 Å². The smallest absolute Gasteiger partial charge is 0.375 e. The molecule has 1 saturated heterocycles. The molecule has 1 saturated carbocycles. The van der Waals surface area contributed by atoms with E-state index in [1.54, 1.807) is 0 Å². The number of rotatable bonds is 2. The van der Waals surface area contributed by atoms with Crippen LogP contribution in [0.3, 0.4) is 0 Å². The molecule has 1 spiro atoms. The minimum atomic E-state index is -4.91. The number of aromatic nitrogens is 3. The van der Waals surface area contributed by atoms with Crippen molar-refractivity contribution in [2.75, 3.05) is 6.61 Å². The molecule has 1 aromatic rings. The minimum Gasteiger partial charge on any atom is -0.375 e. The van der Waals surface area contributed by atoms with Crippen molar-refractivity contribution in [1.29, 1.82) is 0 Å². The molecule has 3 rings (SSSR count). The van der Waals surface area contributed by atoms with Crippen LogP contribution in [0, 0.1) is 0 Å². The summed E-state index contributed by atoms with van der Waals surface area (Å²) in [6.45, 7) is 0.563. The predicted octanol–water partition coefficient (Wildman–Crippen LogP) is 2.69. The van der Waals surface area contributed by atoms with Crippen LogP contribution in [0.25, 0.3) is 0 Å². The fraction of sp³-hybridized carbons (Fsp3) is 0.769. The third-order valence-electron chi connectivity index (χ3n) is 4.36. The van der Waals surface area contributed by atoms with E-state index in [0.29, 0.717) is 13.0 Å². The molecule has 0 aromatic carbocycles. The average molecular weight is 303 g/mol. The van der Waals surface area contributed by atoms with Crippen molar-refractivity contribution in [3.63, 3.8) is 0 Å². The molecule has 0 bridgehead atoms. The van der Waals surface area contributed by atoms with E-state index in [2.05, 4.69) is 10.3 Å². The first-order valence-corrected chi connectivity index (χ1v) is 7.07. The highest BCUT2D eigenvalue weighted by Gasteiger charge is 2.43. The molecular formula is C13H16F3N3O2. The maximum Gasteiger partial charge on any atom is 0.456 e. The Kier molecular flexibility index (Phi) is 3.51. The molecule has 2 aliphatic rings. The van der Waals surface area contributed by atoms with Crippen LogP contribution in [0.5, 0.6) is 0 Å². The largest absolute Gasteiger partial charge is 0.456 e. The van der Waals surface area contributed by atoms with Crippen LogP contribution in [0.1, 0.15) is 55.1 Å². The Morgan fingerprint density at radius 3 is 2.76 bits per heavy atom. The Bertz CT molecular complexity index is 535. The van der Waals surface area contributed by atoms with Gasteiger partial charge < -0.3 is 4.74 Å². The van der Waals surface area contributed by atoms with Gasteiger partial charge in [-0.2, -0.15) is 13.2 Å². The van der Waals surface area contributed by atoms with E-state index in [1.165, 1.54) is 4.68 Å². The molecule has 116 valence electrons. The molecule has 2 heterocycles. The van der Waals surface area contributed by atoms with Crippen molar-refractivity contribution < 1.29 is 22.7 Å². The SMILES string of the molecule is O=C(c1cn(C2CCOC3(CCCC3)C2)nn1)C(F)(F)F. The lowest BCUT2D eigenvalue weighted by molar-refractivity contribution is -0.0914. The zero-order valence-corrected chi connectivity index (χ0v) is 11.4. The van der Waals surface area contributed by atoms with Gasteiger partial charge in [0.2, 0.25) is 0 Å². The van der Waals surface area contributed by atoms with Gasteiger partial charge in [-0.15, -0.1) is 5.10 Å². The minimum absolute atomic E-state index is 0.0564. The van der Waals surface area contributed by atoms with Crippen molar-refractivity contribution in [3.05, 3.63) is 11.9 Å². The number of nitrogens with zero attached hydrogens (tertiary/aromatic N) is 3. The highest BCUT2D eigenvalue weighted by molar-refractivity contribution is 5.98. The summed E-state index contributed by atoms with van der Waals surface area (Å²) >= 11 is 0. The molecule has 1 aliphatic heterocycles. The van der Waals surface area contributed by atoms with Crippen LogP contribution >= 0.6 is 0 Å². The number of hydrogen-bond donors (Lipinski definition) is 0. The van der Waals surface area contributed by atoms with Gasteiger partial charge in [0, 0.05) is 6.61 Å². The fourth-order valence-electron chi connectivity index (χ4n) is 3.30. The van der Waals surface area contributed by atoms with Gasteiger partial charge in [0.15, 0.2) is 5.69 Å². The van der Waals surface area contributed by atoms with E-state index >= 15 is 0 Å². The summed E-state index contributed by atoms with van der Waals surface area (Å²) in [6, 6.07) is -0.0564. The Labute approximate surface area is 119 Å². The summed E-state index contributed by atoms with van der Waals surface area (Å²) in [5, 5.41) is 7.09. The third kappa shape index (κ3) is 2.81. The highest BCUT2D eigenvalue weighted by Crippen LogP contribution is 2.43. The lowest BCUT2D eigenvalue weighted by Gasteiger charge is -2.38. The van der Waals surface area contributed by atoms with Gasteiger partial charge in [0.05, 0.1) is 17.8 Å². The van der Waals surface area contributed by atoms with Crippen LogP contribution in [0.2, 0.25) is 0 Å². The number of carbonyl (C=O) groups is 1. The Hall–Kier alpha value is -1.44. The van der Waals surface area contributed by atoms with Crippen molar-refractivity contribution in [3.8, 4) is 0 Å². The average Bonchev–Trinajstić information content (AvgIpc) is 3.07. The molecular weight excluding hydrogens is 287 g/mol. The van der Waals surface area contributed by atoms with Crippen LogP contribution < -0.4 is 0 Å². The molecule has 2 fully saturated rings. The monoisotopic (exact) mass is 303 g/mol. The number of alkyl halides is 3. The number of ketones is 1. The second kappa shape index (κ2) is 5.08. The van der Waals surface area contributed by atoms with Crippen molar-refractivity contribution in [2.24, 2.45) is 0 Å². The molecule has 1 atom stereocenters. The van der Waals surface area contributed by atoms with Crippen LogP contribution in [-0.2, 0) is 4.74 Å². The number of ether oxygens (including phenoxy) is 1. The zero-order chi connectivity index (χ0) is 15.1. The van der Waals surface area contributed by atoms with Crippen molar-refractivity contribution in [2.45, 2.75) is 56.3 Å². The highest BCUT2D eigenvalue weighted by atomic mass is 19.4. The summed E-state index contributed by atoms with van der Waals surface area (Å²) in [5.74, 6) is -1.95. The first-order valence-electron chi connectivity index (χ1n) is 7.07. The van der Waals surface area contributed by atoms with Gasteiger partial charge in [0.25, 0.3) is 5.78 Å². The summed E-state index contributed by atoms with van der Waals surface area (Å²) in [4.78, 5) is 11.1. The number of hydrogen-bond acceptors (Lipinski definition) is 4. The van der Waals surface area contributed by atoms with Gasteiger partial charge in [-0.3, -0.25) is 4.79 Å². The van der Waals surface area contributed by atoms with E-state index in [9.17, 15) is 18.0 Å². The van der Waals surface area contributed by atoms with Crippen molar-refractivity contribution in [1.82, 2.24) is 15.0 Å². The zero-order valence-electron chi connectivity index (χ0n) is 11.4. The summed E-state index contributed by atoms with van der Waals surface area (Å²) in [6.07, 6.45) is 1.77. The Balaban J connectivity index is 1.75. The van der Waals surface area contributed by atoms with Crippen LogP contribution in [0.15, 0.2) is 6.20 Å². The molecule has 1 aromatic heterocycles. The standard InChI is InChI=1S/C13H16F3N3O2/c14-13(15,16)11(20)10-8-19(18-17-10)9-3-6-21-12(7-9)4-1-2-5-12/h8-9H,1-7H2. The number of halogens is 3. The van der Waals surface area contributed by atoms with Gasteiger partial charge in [-0.05, 0) is 25.7 Å². The van der Waals surface area contributed by atoms with Gasteiger partial charge in [-0.1, -0.05) is 18.1 Å². The van der Waals surface area contributed by atoms with Crippen molar-refractivity contribution >= 4 is 5.78 Å². The van der Waals surface area contributed by atoms with E-state index in [0.717, 1.165) is 38.3 Å². The Morgan fingerprint density at radius 2 is 2.10 bits per heavy atom. The number of carbonyl (C=O) groups excluding carboxylic acids is 1. The third-order valence-corrected chi connectivity index (χ3v) is 4.36. The second-order valence-electron chi connectivity index (χ2n) is 5.80. The quantitative estimate of drug-likeness (QED) is 0.788. The lowest BCUT2D eigenvalue weighted by atomic mass is 9.89. The molecule has 0 radical (unpaired) electrons. The van der Waals surface area contributed by atoms with Crippen LogP contribution in [0.4, 0.5) is 13.2 Å². The van der Waals surface area contributed by atoms with Gasteiger partial charge in [-0.25, -0.2) is 4.68 Å². The van der Waals surface area contributed by atoms with Crippen LogP contribution in [-0.4, -0.2) is 39.2 Å². The maximum absolute atomic E-state index is 12.4.